The monoisotopic (exact) mass is 265 g/mol. The number of fused-ring (bicyclic) bond motifs is 1. The fraction of sp³-hybridized carbons (Fsp3) is 0.235. The predicted octanol–water partition coefficient (Wildman–Crippen LogP) is 4.00. The number of nitrogens with one attached hydrogen (secondary N) is 2. The molecule has 0 saturated carbocycles. The first-order valence-corrected chi connectivity index (χ1v) is 7.06. The van der Waals surface area contributed by atoms with E-state index in [4.69, 9.17) is 0 Å². The lowest BCUT2D eigenvalue weighted by atomic mass is 10.1. The summed E-state index contributed by atoms with van der Waals surface area (Å²) in [6, 6.07) is 19.1. The first kappa shape index (κ1) is 12.7. The lowest BCUT2D eigenvalue weighted by Crippen LogP contribution is -2.16. The first-order valence-electron chi connectivity index (χ1n) is 7.06. The second kappa shape index (κ2) is 5.78. The van der Waals surface area contributed by atoms with Crippen molar-refractivity contribution < 1.29 is 0 Å². The minimum absolute atomic E-state index is 0.385. The van der Waals surface area contributed by atoms with Crippen LogP contribution in [0, 0.1) is 0 Å². The number of benzene rings is 2. The summed E-state index contributed by atoms with van der Waals surface area (Å²) >= 11 is 0. The Labute approximate surface area is 119 Å². The molecule has 102 valence electrons. The van der Waals surface area contributed by atoms with E-state index in [0.29, 0.717) is 6.04 Å². The number of anilines is 1. The van der Waals surface area contributed by atoms with Gasteiger partial charge in [0, 0.05) is 6.04 Å². The Morgan fingerprint density at radius 2 is 1.80 bits per heavy atom. The molecule has 20 heavy (non-hydrogen) atoms. The van der Waals surface area contributed by atoms with Gasteiger partial charge in [-0.2, -0.15) is 0 Å². The van der Waals surface area contributed by atoms with Gasteiger partial charge in [0.1, 0.15) is 0 Å². The minimum Gasteiger partial charge on any atom is -0.353 e. The van der Waals surface area contributed by atoms with E-state index in [1.54, 1.807) is 0 Å². The van der Waals surface area contributed by atoms with Crippen LogP contribution in [0.1, 0.15) is 18.9 Å². The van der Waals surface area contributed by atoms with Crippen molar-refractivity contribution in [2.24, 2.45) is 0 Å². The van der Waals surface area contributed by atoms with Gasteiger partial charge in [0.15, 0.2) is 0 Å². The summed E-state index contributed by atoms with van der Waals surface area (Å²) < 4.78 is 0. The van der Waals surface area contributed by atoms with Crippen LogP contribution in [0.25, 0.3) is 11.0 Å². The van der Waals surface area contributed by atoms with Gasteiger partial charge in [-0.05, 0) is 37.5 Å². The number of imidazole rings is 1. The van der Waals surface area contributed by atoms with Gasteiger partial charge < -0.3 is 10.3 Å². The predicted molar refractivity (Wildman–Crippen MR) is 83.9 cm³/mol. The van der Waals surface area contributed by atoms with Gasteiger partial charge in [-0.3, -0.25) is 0 Å². The first-order chi connectivity index (χ1) is 9.81. The van der Waals surface area contributed by atoms with Crippen molar-refractivity contribution in [3.05, 3.63) is 60.2 Å². The molecule has 1 atom stereocenters. The summed E-state index contributed by atoms with van der Waals surface area (Å²) in [5.74, 6) is 0.853. The maximum atomic E-state index is 4.54. The Morgan fingerprint density at radius 3 is 2.60 bits per heavy atom. The second-order valence-electron chi connectivity index (χ2n) is 5.17. The summed E-state index contributed by atoms with van der Waals surface area (Å²) in [5.41, 5.74) is 3.46. The van der Waals surface area contributed by atoms with E-state index in [1.165, 1.54) is 5.56 Å². The van der Waals surface area contributed by atoms with Crippen LogP contribution in [0.4, 0.5) is 5.95 Å². The molecule has 0 amide bonds. The van der Waals surface area contributed by atoms with E-state index in [2.05, 4.69) is 52.5 Å². The van der Waals surface area contributed by atoms with Crippen LogP contribution in [-0.2, 0) is 6.42 Å². The largest absolute Gasteiger partial charge is 0.353 e. The molecule has 3 aromatic rings. The molecule has 0 bridgehead atoms. The van der Waals surface area contributed by atoms with Gasteiger partial charge >= 0.3 is 0 Å². The fourth-order valence-corrected chi connectivity index (χ4v) is 2.35. The molecule has 0 aliphatic rings. The molecule has 0 aliphatic heterocycles. The van der Waals surface area contributed by atoms with Gasteiger partial charge in [0.25, 0.3) is 0 Å². The summed E-state index contributed by atoms with van der Waals surface area (Å²) in [5, 5.41) is 3.43. The average molecular weight is 265 g/mol. The van der Waals surface area contributed by atoms with Crippen LogP contribution in [0.15, 0.2) is 54.6 Å². The maximum absolute atomic E-state index is 4.54. The number of H-pyrrole nitrogens is 1. The fourth-order valence-electron chi connectivity index (χ4n) is 2.35. The molecule has 0 aliphatic carbocycles. The average Bonchev–Trinajstić information content (AvgIpc) is 2.88. The molecule has 1 unspecified atom stereocenters. The SMILES string of the molecule is CC(CCc1ccccc1)Nc1nc2ccccc2[nH]1. The van der Waals surface area contributed by atoms with E-state index in [-0.39, 0.29) is 0 Å². The number of para-hydroxylation sites is 2. The van der Waals surface area contributed by atoms with E-state index < -0.39 is 0 Å². The zero-order valence-electron chi connectivity index (χ0n) is 11.6. The third-order valence-corrected chi connectivity index (χ3v) is 3.48. The molecular formula is C17H19N3. The van der Waals surface area contributed by atoms with Gasteiger partial charge in [-0.25, -0.2) is 4.98 Å². The topological polar surface area (TPSA) is 40.7 Å². The van der Waals surface area contributed by atoms with Crippen molar-refractivity contribution in [1.29, 1.82) is 0 Å². The van der Waals surface area contributed by atoms with Crippen LogP contribution in [0.2, 0.25) is 0 Å². The van der Waals surface area contributed by atoms with E-state index in [9.17, 15) is 0 Å². The van der Waals surface area contributed by atoms with Gasteiger partial charge in [0.05, 0.1) is 11.0 Å². The van der Waals surface area contributed by atoms with Crippen molar-refractivity contribution in [2.45, 2.75) is 25.8 Å². The quantitative estimate of drug-likeness (QED) is 0.732. The normalized spacial score (nSPS) is 12.4. The Kier molecular flexibility index (Phi) is 3.68. The Hall–Kier alpha value is -2.29. The van der Waals surface area contributed by atoms with Crippen molar-refractivity contribution >= 4 is 17.0 Å². The highest BCUT2D eigenvalue weighted by atomic mass is 15.1. The summed E-state index contributed by atoms with van der Waals surface area (Å²) in [7, 11) is 0. The summed E-state index contributed by atoms with van der Waals surface area (Å²) in [6.07, 6.45) is 2.16. The Morgan fingerprint density at radius 1 is 1.05 bits per heavy atom. The highest BCUT2D eigenvalue weighted by molar-refractivity contribution is 5.77. The van der Waals surface area contributed by atoms with Crippen LogP contribution < -0.4 is 5.32 Å². The molecule has 1 heterocycles. The molecule has 2 aromatic carbocycles. The number of hydrogen-bond acceptors (Lipinski definition) is 2. The zero-order chi connectivity index (χ0) is 13.8. The number of aromatic amines is 1. The van der Waals surface area contributed by atoms with Crippen LogP contribution >= 0.6 is 0 Å². The van der Waals surface area contributed by atoms with E-state index in [0.717, 1.165) is 29.8 Å². The maximum Gasteiger partial charge on any atom is 0.201 e. The summed E-state index contributed by atoms with van der Waals surface area (Å²) in [6.45, 7) is 2.19. The number of hydrogen-bond donors (Lipinski definition) is 2. The molecule has 3 rings (SSSR count). The molecular weight excluding hydrogens is 246 g/mol. The van der Waals surface area contributed by atoms with Crippen LogP contribution in [-0.4, -0.2) is 16.0 Å². The van der Waals surface area contributed by atoms with Crippen LogP contribution in [0.5, 0.6) is 0 Å². The Balaban J connectivity index is 1.59. The van der Waals surface area contributed by atoms with Crippen molar-refractivity contribution in [2.75, 3.05) is 5.32 Å². The number of aromatic nitrogens is 2. The number of nitrogens with zero attached hydrogens (tertiary/aromatic N) is 1. The van der Waals surface area contributed by atoms with Crippen molar-refractivity contribution in [3.63, 3.8) is 0 Å². The molecule has 3 heteroatoms. The van der Waals surface area contributed by atoms with Gasteiger partial charge in [-0.15, -0.1) is 0 Å². The van der Waals surface area contributed by atoms with Crippen molar-refractivity contribution in [3.8, 4) is 0 Å². The molecule has 0 fully saturated rings. The standard InChI is InChI=1S/C17H19N3/c1-13(11-12-14-7-3-2-4-8-14)18-17-19-15-9-5-6-10-16(15)20-17/h2-10,13H,11-12H2,1H3,(H2,18,19,20). The zero-order valence-corrected chi connectivity index (χ0v) is 11.6. The second-order valence-corrected chi connectivity index (χ2v) is 5.17. The van der Waals surface area contributed by atoms with E-state index >= 15 is 0 Å². The lowest BCUT2D eigenvalue weighted by molar-refractivity contribution is 0.701. The molecule has 3 nitrogen and oxygen atoms in total. The number of aryl methyl sites for hydroxylation is 1. The lowest BCUT2D eigenvalue weighted by Gasteiger charge is -2.12. The molecule has 0 radical (unpaired) electrons. The highest BCUT2D eigenvalue weighted by Crippen LogP contribution is 2.15. The van der Waals surface area contributed by atoms with Crippen LogP contribution in [0.3, 0.4) is 0 Å². The number of rotatable bonds is 5. The molecule has 2 N–H and O–H groups in total. The smallest absolute Gasteiger partial charge is 0.201 e. The van der Waals surface area contributed by atoms with E-state index in [1.807, 2.05) is 24.3 Å². The summed E-state index contributed by atoms with van der Waals surface area (Å²) in [4.78, 5) is 7.84. The third-order valence-electron chi connectivity index (χ3n) is 3.48. The third kappa shape index (κ3) is 2.99. The van der Waals surface area contributed by atoms with Gasteiger partial charge in [-0.1, -0.05) is 42.5 Å². The molecule has 1 aromatic heterocycles. The molecule has 0 saturated heterocycles. The Bertz CT molecular complexity index is 640. The van der Waals surface area contributed by atoms with Gasteiger partial charge in [0.2, 0.25) is 5.95 Å². The molecule has 0 spiro atoms. The van der Waals surface area contributed by atoms with Crippen molar-refractivity contribution in [1.82, 2.24) is 9.97 Å². The highest BCUT2D eigenvalue weighted by Gasteiger charge is 2.06. The minimum atomic E-state index is 0.385.